The smallest absolute Gasteiger partial charge is 0.239 e. The van der Waals surface area contributed by atoms with Crippen molar-refractivity contribution in [2.75, 3.05) is 26.7 Å². The van der Waals surface area contributed by atoms with Gasteiger partial charge in [0, 0.05) is 20.1 Å². The van der Waals surface area contributed by atoms with Crippen LogP contribution in [0, 0.1) is 11.2 Å². The number of nitrogens with zero attached hydrogens (tertiary/aromatic N) is 2. The second-order valence-electron chi connectivity index (χ2n) is 7.32. The van der Waals surface area contributed by atoms with Crippen LogP contribution in [-0.2, 0) is 11.3 Å². The first kappa shape index (κ1) is 24.1. The van der Waals surface area contributed by atoms with E-state index < -0.39 is 0 Å². The molecule has 1 aliphatic rings. The molecule has 1 unspecified atom stereocenters. The van der Waals surface area contributed by atoms with E-state index >= 15 is 0 Å². The fourth-order valence-corrected chi connectivity index (χ4v) is 3.16. The third-order valence-electron chi connectivity index (χ3n) is 4.54. The number of hydrogen-bond donors (Lipinski definition) is 1. The fraction of sp³-hybridized carbons (Fsp3) is 0.611. The summed E-state index contributed by atoms with van der Waals surface area (Å²) >= 11 is 0. The molecule has 0 spiro atoms. The lowest BCUT2D eigenvalue weighted by molar-refractivity contribution is -0.136. The minimum atomic E-state index is -0.230. The first-order chi connectivity index (χ1) is 10.8. The van der Waals surface area contributed by atoms with Gasteiger partial charge in [-0.05, 0) is 49.0 Å². The first-order valence-electron chi connectivity index (χ1n) is 8.26. The maximum Gasteiger partial charge on any atom is 0.239 e. The molecule has 7 heteroatoms. The van der Waals surface area contributed by atoms with Crippen molar-refractivity contribution < 1.29 is 9.18 Å². The van der Waals surface area contributed by atoms with Crippen molar-refractivity contribution in [2.45, 2.75) is 39.3 Å². The summed E-state index contributed by atoms with van der Waals surface area (Å²) in [5, 5.41) is 0. The zero-order chi connectivity index (χ0) is 17.0. The number of hydrogen-bond acceptors (Lipinski definition) is 3. The van der Waals surface area contributed by atoms with Crippen molar-refractivity contribution in [1.82, 2.24) is 9.80 Å². The van der Waals surface area contributed by atoms with Crippen molar-refractivity contribution >= 4 is 30.7 Å². The average molecular weight is 394 g/mol. The normalized spacial score (nSPS) is 17.6. The third-order valence-corrected chi connectivity index (χ3v) is 4.54. The summed E-state index contributed by atoms with van der Waals surface area (Å²) in [6, 6.07) is 6.43. The summed E-state index contributed by atoms with van der Waals surface area (Å²) < 4.78 is 13.0. The van der Waals surface area contributed by atoms with Gasteiger partial charge in [0.05, 0.1) is 6.04 Å². The Morgan fingerprint density at radius 3 is 2.48 bits per heavy atom. The molecule has 1 amide bonds. The molecule has 25 heavy (non-hydrogen) atoms. The quantitative estimate of drug-likeness (QED) is 0.807. The van der Waals surface area contributed by atoms with E-state index in [-0.39, 0.29) is 48.0 Å². The summed E-state index contributed by atoms with van der Waals surface area (Å²) in [6.45, 7) is 6.94. The van der Waals surface area contributed by atoms with Crippen LogP contribution in [0.25, 0.3) is 0 Å². The molecule has 1 aromatic rings. The fourth-order valence-electron chi connectivity index (χ4n) is 3.16. The Balaban J connectivity index is 0.00000288. The van der Waals surface area contributed by atoms with Gasteiger partial charge in [0.2, 0.25) is 5.91 Å². The Morgan fingerprint density at radius 2 is 1.92 bits per heavy atom. The zero-order valence-electron chi connectivity index (χ0n) is 15.2. The van der Waals surface area contributed by atoms with E-state index in [1.54, 1.807) is 17.0 Å². The topological polar surface area (TPSA) is 49.6 Å². The van der Waals surface area contributed by atoms with Gasteiger partial charge in [-0.2, -0.15) is 0 Å². The Morgan fingerprint density at radius 1 is 1.32 bits per heavy atom. The van der Waals surface area contributed by atoms with E-state index in [4.69, 9.17) is 5.73 Å². The van der Waals surface area contributed by atoms with Crippen LogP contribution < -0.4 is 5.73 Å². The number of likely N-dealkylation sites (N-methyl/N-ethyl adjacent to an activating group) is 1. The molecular weight excluding hydrogens is 364 g/mol. The number of nitrogens with two attached hydrogens (primary N) is 1. The van der Waals surface area contributed by atoms with E-state index in [2.05, 4.69) is 18.7 Å². The van der Waals surface area contributed by atoms with Crippen LogP contribution in [0.5, 0.6) is 0 Å². The molecule has 0 radical (unpaired) electrons. The number of likely N-dealkylation sites (tertiary alicyclic amines) is 1. The molecule has 1 atom stereocenters. The highest BCUT2D eigenvalue weighted by molar-refractivity contribution is 5.85. The number of amides is 1. The number of halogens is 3. The van der Waals surface area contributed by atoms with Gasteiger partial charge in [-0.1, -0.05) is 26.0 Å². The Hall–Kier alpha value is -0.880. The number of rotatable bonds is 6. The highest BCUT2D eigenvalue weighted by Crippen LogP contribution is 2.23. The van der Waals surface area contributed by atoms with Crippen molar-refractivity contribution in [1.29, 1.82) is 0 Å². The summed E-state index contributed by atoms with van der Waals surface area (Å²) in [4.78, 5) is 16.8. The molecular formula is C18H30Cl2FN3O. The molecule has 4 nitrogen and oxygen atoms in total. The summed E-state index contributed by atoms with van der Waals surface area (Å²) in [5.74, 6) is -0.0716. The minimum Gasteiger partial charge on any atom is -0.344 e. The van der Waals surface area contributed by atoms with Crippen LogP contribution in [0.1, 0.15) is 32.3 Å². The van der Waals surface area contributed by atoms with Gasteiger partial charge in [-0.3, -0.25) is 9.69 Å². The standard InChI is InChI=1S/C18H28FN3O.2ClH/c1-18(2,12-20)13-21(3)17(23)16-5-4-10-22(16)11-14-6-8-15(19)9-7-14;;/h6-9,16H,4-5,10-13,20H2,1-3H3;2*1H. The van der Waals surface area contributed by atoms with Crippen LogP contribution in [-0.4, -0.2) is 48.4 Å². The SMILES string of the molecule is CN(CC(C)(C)CN)C(=O)C1CCCN1Cc1ccc(F)cc1.Cl.Cl. The van der Waals surface area contributed by atoms with Crippen molar-refractivity contribution in [3.8, 4) is 0 Å². The lowest BCUT2D eigenvalue weighted by Gasteiger charge is -2.33. The van der Waals surface area contributed by atoms with E-state index in [0.717, 1.165) is 24.9 Å². The van der Waals surface area contributed by atoms with Crippen LogP contribution in [0.4, 0.5) is 4.39 Å². The van der Waals surface area contributed by atoms with Crippen LogP contribution >= 0.6 is 24.8 Å². The third kappa shape index (κ3) is 6.74. The molecule has 1 saturated heterocycles. The maximum atomic E-state index is 13.0. The van der Waals surface area contributed by atoms with Gasteiger partial charge in [0.1, 0.15) is 5.82 Å². The Bertz CT molecular complexity index is 540. The van der Waals surface area contributed by atoms with Gasteiger partial charge >= 0.3 is 0 Å². The lowest BCUT2D eigenvalue weighted by atomic mass is 9.93. The van der Waals surface area contributed by atoms with E-state index in [9.17, 15) is 9.18 Å². The van der Waals surface area contributed by atoms with Gasteiger partial charge in [0.25, 0.3) is 0 Å². The van der Waals surface area contributed by atoms with Gasteiger partial charge in [-0.25, -0.2) is 4.39 Å². The minimum absolute atomic E-state index is 0. The predicted octanol–water partition coefficient (Wildman–Crippen LogP) is 3.08. The summed E-state index contributed by atoms with van der Waals surface area (Å²) in [5.41, 5.74) is 6.73. The van der Waals surface area contributed by atoms with Crippen LogP contribution in [0.2, 0.25) is 0 Å². The molecule has 2 rings (SSSR count). The summed E-state index contributed by atoms with van der Waals surface area (Å²) in [7, 11) is 1.86. The Kier molecular flexibility index (Phi) is 9.95. The molecule has 0 aliphatic carbocycles. The molecule has 0 bridgehead atoms. The van der Waals surface area contributed by atoms with Gasteiger partial charge < -0.3 is 10.6 Å². The first-order valence-corrected chi connectivity index (χ1v) is 8.26. The molecule has 1 heterocycles. The number of carbonyl (C=O) groups excluding carboxylic acids is 1. The largest absolute Gasteiger partial charge is 0.344 e. The molecule has 0 aromatic heterocycles. The van der Waals surface area contributed by atoms with E-state index in [1.807, 2.05) is 7.05 Å². The maximum absolute atomic E-state index is 13.0. The molecule has 1 aromatic carbocycles. The Labute approximate surface area is 162 Å². The highest BCUT2D eigenvalue weighted by atomic mass is 35.5. The average Bonchev–Trinajstić information content (AvgIpc) is 2.96. The van der Waals surface area contributed by atoms with Gasteiger partial charge in [-0.15, -0.1) is 24.8 Å². The lowest BCUT2D eigenvalue weighted by Crippen LogP contribution is -2.47. The van der Waals surface area contributed by atoms with Crippen molar-refractivity contribution in [2.24, 2.45) is 11.1 Å². The summed E-state index contributed by atoms with van der Waals surface area (Å²) in [6.07, 6.45) is 1.90. The van der Waals surface area contributed by atoms with Crippen LogP contribution in [0.3, 0.4) is 0 Å². The predicted molar refractivity (Wildman–Crippen MR) is 105 cm³/mol. The number of carbonyl (C=O) groups is 1. The second-order valence-corrected chi connectivity index (χ2v) is 7.32. The molecule has 1 aliphatic heterocycles. The molecule has 2 N–H and O–H groups in total. The second kappa shape index (κ2) is 10.3. The molecule has 144 valence electrons. The molecule has 1 fully saturated rings. The highest BCUT2D eigenvalue weighted by Gasteiger charge is 2.33. The zero-order valence-corrected chi connectivity index (χ0v) is 16.8. The monoisotopic (exact) mass is 393 g/mol. The van der Waals surface area contributed by atoms with Crippen molar-refractivity contribution in [3.05, 3.63) is 35.6 Å². The van der Waals surface area contributed by atoms with Crippen LogP contribution in [0.15, 0.2) is 24.3 Å². The van der Waals surface area contributed by atoms with E-state index in [1.165, 1.54) is 12.1 Å². The van der Waals surface area contributed by atoms with E-state index in [0.29, 0.717) is 19.6 Å². The van der Waals surface area contributed by atoms with Crippen molar-refractivity contribution in [3.63, 3.8) is 0 Å². The van der Waals surface area contributed by atoms with Gasteiger partial charge in [0.15, 0.2) is 0 Å². The molecule has 0 saturated carbocycles. The number of benzene rings is 1.